The largest absolute Gasteiger partial charge is 0.321 e. The minimum atomic E-state index is -0.588. The van der Waals surface area contributed by atoms with E-state index in [1.165, 1.54) is 16.7 Å². The molecule has 1 heterocycles. The third-order valence-electron chi connectivity index (χ3n) is 5.69. The Kier molecular flexibility index (Phi) is 7.51. The van der Waals surface area contributed by atoms with Gasteiger partial charge in [-0.2, -0.15) is 5.26 Å². The maximum Gasteiger partial charge on any atom is 0.269 e. The number of thioether (sulfide) groups is 1. The van der Waals surface area contributed by atoms with Crippen LogP contribution >= 0.6 is 35.0 Å². The van der Waals surface area contributed by atoms with Gasteiger partial charge >= 0.3 is 0 Å². The third kappa shape index (κ3) is 5.08. The SMILES string of the molecule is Cc1ccccc1NC(=O)/C(C#N)=C1\S[C@@H](Cc2cccc(Cl)c2Cl)C(=O)N1c1ccccc1C. The zero-order valence-electron chi connectivity index (χ0n) is 19.0. The molecule has 0 aromatic heterocycles. The van der Waals surface area contributed by atoms with Crippen LogP contribution in [0, 0.1) is 25.2 Å². The first-order valence-corrected chi connectivity index (χ1v) is 12.5. The summed E-state index contributed by atoms with van der Waals surface area (Å²) >= 11 is 13.7. The molecule has 0 saturated carbocycles. The highest BCUT2D eigenvalue weighted by Crippen LogP contribution is 2.43. The number of rotatable bonds is 5. The molecule has 8 heteroatoms. The number of hydrogen-bond donors (Lipinski definition) is 1. The molecule has 1 fully saturated rings. The highest BCUT2D eigenvalue weighted by atomic mass is 35.5. The summed E-state index contributed by atoms with van der Waals surface area (Å²) in [4.78, 5) is 28.4. The number of amides is 2. The first kappa shape index (κ1) is 24.9. The summed E-state index contributed by atoms with van der Waals surface area (Å²) in [6.45, 7) is 3.75. The molecule has 0 bridgehead atoms. The molecule has 5 nitrogen and oxygen atoms in total. The topological polar surface area (TPSA) is 73.2 Å². The quantitative estimate of drug-likeness (QED) is 0.300. The zero-order valence-corrected chi connectivity index (χ0v) is 21.3. The molecule has 1 atom stereocenters. The lowest BCUT2D eigenvalue weighted by molar-refractivity contribution is -0.117. The molecule has 0 spiro atoms. The predicted molar refractivity (Wildman–Crippen MR) is 143 cm³/mol. The van der Waals surface area contributed by atoms with E-state index in [0.29, 0.717) is 32.9 Å². The van der Waals surface area contributed by atoms with E-state index in [2.05, 4.69) is 5.32 Å². The Morgan fingerprint density at radius 1 is 1.03 bits per heavy atom. The number of benzene rings is 3. The van der Waals surface area contributed by atoms with E-state index < -0.39 is 11.2 Å². The van der Waals surface area contributed by atoms with E-state index in [0.717, 1.165) is 16.7 Å². The second-order valence-electron chi connectivity index (χ2n) is 8.04. The number of anilines is 2. The maximum absolute atomic E-state index is 13.7. The van der Waals surface area contributed by atoms with Crippen LogP contribution in [0.25, 0.3) is 0 Å². The molecule has 0 aliphatic carbocycles. The molecule has 0 unspecified atom stereocenters. The van der Waals surface area contributed by atoms with Crippen LogP contribution in [0.15, 0.2) is 77.3 Å². The second-order valence-corrected chi connectivity index (χ2v) is 10.0. The van der Waals surface area contributed by atoms with Gasteiger partial charge < -0.3 is 5.32 Å². The van der Waals surface area contributed by atoms with Crippen molar-refractivity contribution in [2.75, 3.05) is 10.2 Å². The Labute approximate surface area is 218 Å². The molecular formula is C27H21Cl2N3O2S. The summed E-state index contributed by atoms with van der Waals surface area (Å²) in [6.07, 6.45) is 0.299. The Bertz CT molecular complexity index is 1400. The van der Waals surface area contributed by atoms with Crippen molar-refractivity contribution in [3.8, 4) is 6.07 Å². The van der Waals surface area contributed by atoms with Crippen LogP contribution in [-0.4, -0.2) is 17.1 Å². The molecule has 0 radical (unpaired) electrons. The summed E-state index contributed by atoms with van der Waals surface area (Å²) < 4.78 is 0. The average Bonchev–Trinajstić information content (AvgIpc) is 3.14. The summed E-state index contributed by atoms with van der Waals surface area (Å²) in [5.41, 5.74) is 3.52. The van der Waals surface area contributed by atoms with Gasteiger partial charge in [0.15, 0.2) is 0 Å². The minimum absolute atomic E-state index is 0.130. The Hall–Kier alpha value is -3.24. The van der Waals surface area contributed by atoms with Crippen molar-refractivity contribution >= 4 is 58.2 Å². The van der Waals surface area contributed by atoms with Gasteiger partial charge in [-0.1, -0.05) is 83.5 Å². The molecule has 1 aliphatic heterocycles. The number of aryl methyl sites for hydroxylation is 2. The van der Waals surface area contributed by atoms with Crippen molar-refractivity contribution in [3.63, 3.8) is 0 Å². The van der Waals surface area contributed by atoms with Crippen LogP contribution in [0.4, 0.5) is 11.4 Å². The highest BCUT2D eigenvalue weighted by molar-refractivity contribution is 8.05. The fraction of sp³-hybridized carbons (Fsp3) is 0.148. The predicted octanol–water partition coefficient (Wildman–Crippen LogP) is 6.68. The first-order valence-electron chi connectivity index (χ1n) is 10.8. The third-order valence-corrected chi connectivity index (χ3v) is 7.81. The molecule has 1 saturated heterocycles. The van der Waals surface area contributed by atoms with E-state index >= 15 is 0 Å². The maximum atomic E-state index is 13.7. The van der Waals surface area contributed by atoms with Crippen molar-refractivity contribution in [2.45, 2.75) is 25.5 Å². The Morgan fingerprint density at radius 2 is 1.71 bits per heavy atom. The molecule has 3 aromatic rings. The van der Waals surface area contributed by atoms with Gasteiger partial charge in [-0.3, -0.25) is 14.5 Å². The van der Waals surface area contributed by atoms with Gasteiger partial charge in [0.1, 0.15) is 16.7 Å². The zero-order chi connectivity index (χ0) is 25.1. The van der Waals surface area contributed by atoms with E-state index in [9.17, 15) is 14.9 Å². The fourth-order valence-electron chi connectivity index (χ4n) is 3.82. The number of hydrogen-bond acceptors (Lipinski definition) is 4. The van der Waals surface area contributed by atoms with Crippen molar-refractivity contribution < 1.29 is 9.59 Å². The van der Waals surface area contributed by atoms with Crippen molar-refractivity contribution in [1.82, 2.24) is 0 Å². The standard InChI is InChI=1S/C27H21Cl2N3O2S/c1-16-8-3-5-12-21(16)31-25(33)19(15-30)27-32(22-13-6-4-9-17(22)2)26(34)23(35-27)14-18-10-7-11-20(28)24(18)29/h3-13,23H,14H2,1-2H3,(H,31,33)/b27-19-/t23-/m0/s1. The Morgan fingerprint density at radius 3 is 2.40 bits per heavy atom. The summed E-state index contributed by atoms with van der Waals surface area (Å²) in [5.74, 6) is -0.802. The fourth-order valence-corrected chi connectivity index (χ4v) is 5.51. The van der Waals surface area contributed by atoms with Crippen molar-refractivity contribution in [3.05, 3.63) is 104 Å². The van der Waals surface area contributed by atoms with Crippen LogP contribution in [0.3, 0.4) is 0 Å². The number of para-hydroxylation sites is 2. The lowest BCUT2D eigenvalue weighted by atomic mass is 10.1. The highest BCUT2D eigenvalue weighted by Gasteiger charge is 2.41. The molecule has 3 aromatic carbocycles. The van der Waals surface area contributed by atoms with Gasteiger partial charge in [0.2, 0.25) is 5.91 Å². The average molecular weight is 522 g/mol. The normalized spacial score (nSPS) is 16.7. The smallest absolute Gasteiger partial charge is 0.269 e. The molecule has 1 aliphatic rings. The minimum Gasteiger partial charge on any atom is -0.321 e. The number of nitrogens with zero attached hydrogens (tertiary/aromatic N) is 2. The molecule has 176 valence electrons. The molecular weight excluding hydrogens is 501 g/mol. The summed E-state index contributed by atoms with van der Waals surface area (Å²) in [5, 5.41) is 13.3. The summed E-state index contributed by atoms with van der Waals surface area (Å²) in [7, 11) is 0. The number of nitriles is 1. The lowest BCUT2D eigenvalue weighted by Gasteiger charge is -2.21. The number of carbonyl (C=O) groups is 2. The second kappa shape index (κ2) is 10.6. The molecule has 4 rings (SSSR count). The number of carbonyl (C=O) groups excluding carboxylic acids is 2. The van der Waals surface area contributed by atoms with Crippen molar-refractivity contribution in [1.29, 1.82) is 5.26 Å². The van der Waals surface area contributed by atoms with Crippen LogP contribution in [0.1, 0.15) is 16.7 Å². The van der Waals surface area contributed by atoms with E-state index in [1.807, 2.05) is 56.3 Å². The number of nitrogens with one attached hydrogen (secondary N) is 1. The van der Waals surface area contributed by atoms with Crippen LogP contribution in [0.5, 0.6) is 0 Å². The van der Waals surface area contributed by atoms with Gasteiger partial charge in [0.25, 0.3) is 5.91 Å². The van der Waals surface area contributed by atoms with Gasteiger partial charge in [0.05, 0.1) is 21.0 Å². The van der Waals surface area contributed by atoms with Gasteiger partial charge in [-0.25, -0.2) is 0 Å². The first-order chi connectivity index (χ1) is 16.8. The van der Waals surface area contributed by atoms with Gasteiger partial charge in [0, 0.05) is 5.69 Å². The lowest BCUT2D eigenvalue weighted by Crippen LogP contribution is -2.31. The van der Waals surface area contributed by atoms with Gasteiger partial charge in [-0.15, -0.1) is 0 Å². The van der Waals surface area contributed by atoms with Crippen molar-refractivity contribution in [2.24, 2.45) is 0 Å². The number of halogens is 2. The van der Waals surface area contributed by atoms with E-state index in [4.69, 9.17) is 23.2 Å². The van der Waals surface area contributed by atoms with E-state index in [-0.39, 0.29) is 11.5 Å². The molecule has 2 amide bonds. The van der Waals surface area contributed by atoms with E-state index in [1.54, 1.807) is 30.3 Å². The summed E-state index contributed by atoms with van der Waals surface area (Å²) in [6, 6.07) is 22.0. The van der Waals surface area contributed by atoms with Gasteiger partial charge in [-0.05, 0) is 55.2 Å². The monoisotopic (exact) mass is 521 g/mol. The van der Waals surface area contributed by atoms with Crippen LogP contribution < -0.4 is 10.2 Å². The van der Waals surface area contributed by atoms with Crippen LogP contribution in [0.2, 0.25) is 10.0 Å². The molecule has 1 N–H and O–H groups in total. The Balaban J connectivity index is 1.77. The van der Waals surface area contributed by atoms with Crippen LogP contribution in [-0.2, 0) is 16.0 Å². The molecule has 35 heavy (non-hydrogen) atoms.